The van der Waals surface area contributed by atoms with Crippen molar-refractivity contribution in [3.05, 3.63) is 113 Å². The molecule has 0 saturated heterocycles. The van der Waals surface area contributed by atoms with Crippen molar-refractivity contribution >= 4 is 39.4 Å². The topological polar surface area (TPSA) is 83.8 Å². The lowest BCUT2D eigenvalue weighted by molar-refractivity contribution is -0.119. The molecule has 0 aliphatic rings. The Morgan fingerprint density at radius 1 is 0.972 bits per heavy atom. The molecule has 0 saturated carbocycles. The molecule has 4 aromatic rings. The van der Waals surface area contributed by atoms with E-state index in [4.69, 9.17) is 11.6 Å². The Hall–Kier alpha value is -3.88. The lowest BCUT2D eigenvalue weighted by Gasteiger charge is -2.23. The van der Waals surface area contributed by atoms with E-state index in [0.29, 0.717) is 10.7 Å². The number of para-hydroxylation sites is 1. The van der Waals surface area contributed by atoms with Gasteiger partial charge in [0.05, 0.1) is 16.8 Å². The summed E-state index contributed by atoms with van der Waals surface area (Å²) in [6, 6.07) is 26.1. The lowest BCUT2D eigenvalue weighted by Crippen LogP contribution is -2.39. The molecule has 0 fully saturated rings. The Morgan fingerprint density at radius 3 is 2.22 bits per heavy atom. The first-order valence-corrected chi connectivity index (χ1v) is 13.0. The number of hydrazone groups is 1. The van der Waals surface area contributed by atoms with Crippen LogP contribution < -0.4 is 9.73 Å². The van der Waals surface area contributed by atoms with Gasteiger partial charge in [-0.05, 0) is 68.4 Å². The molecule has 0 aliphatic heterocycles. The SMILES string of the molecule is Cc1cc(/C=N/NC(=O)CN(c2ccc(Cl)cc2)S(=O)(=O)c2ccccc2)c(C)n1-c1ccccc1. The summed E-state index contributed by atoms with van der Waals surface area (Å²) < 4.78 is 29.8. The largest absolute Gasteiger partial charge is 0.318 e. The van der Waals surface area contributed by atoms with Crippen LogP contribution in [0, 0.1) is 13.8 Å². The third-order valence-electron chi connectivity index (χ3n) is 5.61. The number of benzene rings is 3. The van der Waals surface area contributed by atoms with Gasteiger partial charge in [0.15, 0.2) is 0 Å². The quantitative estimate of drug-likeness (QED) is 0.259. The van der Waals surface area contributed by atoms with Crippen LogP contribution in [0.4, 0.5) is 5.69 Å². The van der Waals surface area contributed by atoms with E-state index in [0.717, 1.165) is 26.9 Å². The van der Waals surface area contributed by atoms with Gasteiger partial charge >= 0.3 is 0 Å². The first-order valence-electron chi connectivity index (χ1n) is 11.2. The van der Waals surface area contributed by atoms with Gasteiger partial charge < -0.3 is 4.57 Å². The maximum absolute atomic E-state index is 13.3. The smallest absolute Gasteiger partial charge is 0.264 e. The Labute approximate surface area is 215 Å². The van der Waals surface area contributed by atoms with Gasteiger partial charge in [-0.15, -0.1) is 0 Å². The fraction of sp³-hybridized carbons (Fsp3) is 0.111. The average molecular weight is 521 g/mol. The zero-order valence-electron chi connectivity index (χ0n) is 19.8. The second kappa shape index (κ2) is 10.8. The number of nitrogens with zero attached hydrogens (tertiary/aromatic N) is 3. The number of aromatic nitrogens is 1. The van der Waals surface area contributed by atoms with E-state index in [2.05, 4.69) is 15.1 Å². The molecule has 3 aromatic carbocycles. The van der Waals surface area contributed by atoms with Crippen molar-refractivity contribution in [1.82, 2.24) is 9.99 Å². The average Bonchev–Trinajstić information content (AvgIpc) is 3.16. The summed E-state index contributed by atoms with van der Waals surface area (Å²) in [5.74, 6) is -0.586. The Kier molecular flexibility index (Phi) is 7.57. The molecule has 0 aliphatic carbocycles. The van der Waals surface area contributed by atoms with Crippen LogP contribution in [-0.4, -0.2) is 31.7 Å². The van der Waals surface area contributed by atoms with E-state index in [9.17, 15) is 13.2 Å². The molecule has 0 radical (unpaired) electrons. The highest BCUT2D eigenvalue weighted by molar-refractivity contribution is 7.92. The fourth-order valence-electron chi connectivity index (χ4n) is 3.87. The van der Waals surface area contributed by atoms with Gasteiger partial charge in [-0.1, -0.05) is 48.0 Å². The highest BCUT2D eigenvalue weighted by atomic mass is 35.5. The molecular formula is C27H25ClN4O3S. The molecule has 7 nitrogen and oxygen atoms in total. The van der Waals surface area contributed by atoms with Crippen LogP contribution >= 0.6 is 11.6 Å². The van der Waals surface area contributed by atoms with E-state index in [1.165, 1.54) is 12.1 Å². The predicted octanol–water partition coefficient (Wildman–Crippen LogP) is 5.09. The number of nitrogens with one attached hydrogen (secondary N) is 1. The third-order valence-corrected chi connectivity index (χ3v) is 7.65. The number of amides is 1. The summed E-state index contributed by atoms with van der Waals surface area (Å²) in [5, 5.41) is 4.54. The first kappa shape index (κ1) is 25.2. The molecular weight excluding hydrogens is 496 g/mol. The Balaban J connectivity index is 1.54. The fourth-order valence-corrected chi connectivity index (χ4v) is 5.44. The number of rotatable bonds is 8. The van der Waals surface area contributed by atoms with Crippen LogP contribution in [0.25, 0.3) is 5.69 Å². The van der Waals surface area contributed by atoms with Crippen molar-refractivity contribution in [1.29, 1.82) is 0 Å². The zero-order chi connectivity index (χ0) is 25.7. The number of aryl methyl sites for hydroxylation is 1. The molecule has 36 heavy (non-hydrogen) atoms. The Morgan fingerprint density at radius 2 is 1.58 bits per heavy atom. The zero-order valence-corrected chi connectivity index (χ0v) is 21.4. The maximum atomic E-state index is 13.3. The monoisotopic (exact) mass is 520 g/mol. The summed E-state index contributed by atoms with van der Waals surface area (Å²) in [5.41, 5.74) is 6.62. The van der Waals surface area contributed by atoms with Crippen LogP contribution in [0.5, 0.6) is 0 Å². The van der Waals surface area contributed by atoms with Gasteiger partial charge in [0, 0.05) is 27.7 Å². The number of halogens is 1. The summed E-state index contributed by atoms with van der Waals surface area (Å²) >= 11 is 5.98. The van der Waals surface area contributed by atoms with Crippen LogP contribution in [0.2, 0.25) is 5.02 Å². The van der Waals surface area contributed by atoms with Crippen molar-refractivity contribution in [2.75, 3.05) is 10.8 Å². The molecule has 0 bridgehead atoms. The number of hydrogen-bond acceptors (Lipinski definition) is 4. The van der Waals surface area contributed by atoms with Gasteiger partial charge in [-0.25, -0.2) is 13.8 Å². The van der Waals surface area contributed by atoms with Crippen LogP contribution in [0.3, 0.4) is 0 Å². The van der Waals surface area contributed by atoms with Crippen LogP contribution in [0.1, 0.15) is 17.0 Å². The predicted molar refractivity (Wildman–Crippen MR) is 143 cm³/mol. The molecule has 0 spiro atoms. The third kappa shape index (κ3) is 5.50. The minimum Gasteiger partial charge on any atom is -0.318 e. The minimum absolute atomic E-state index is 0.0737. The number of carbonyl (C=O) groups excluding carboxylic acids is 1. The Bertz CT molecular complexity index is 1480. The van der Waals surface area contributed by atoms with Gasteiger partial charge in [-0.3, -0.25) is 9.10 Å². The standard InChI is InChI=1S/C27H25ClN4O3S/c1-20-17-22(21(2)32(20)25-9-5-3-6-10-25)18-29-30-27(33)19-31(24-15-13-23(28)14-16-24)36(34,35)26-11-7-4-8-12-26/h3-18H,19H2,1-2H3,(H,30,33)/b29-18+. The van der Waals surface area contributed by atoms with Crippen molar-refractivity contribution < 1.29 is 13.2 Å². The van der Waals surface area contributed by atoms with E-state index < -0.39 is 22.5 Å². The number of sulfonamides is 1. The molecule has 184 valence electrons. The summed E-state index contributed by atoms with van der Waals surface area (Å²) in [7, 11) is -4.00. The van der Waals surface area contributed by atoms with Gasteiger partial charge in [0.1, 0.15) is 6.54 Å². The molecule has 0 atom stereocenters. The second-order valence-corrected chi connectivity index (χ2v) is 10.4. The molecule has 9 heteroatoms. The number of carbonyl (C=O) groups is 1. The molecule has 4 rings (SSSR count). The van der Waals surface area contributed by atoms with Gasteiger partial charge in [0.2, 0.25) is 0 Å². The van der Waals surface area contributed by atoms with E-state index in [-0.39, 0.29) is 4.90 Å². The summed E-state index contributed by atoms with van der Waals surface area (Å²) in [6.07, 6.45) is 1.55. The van der Waals surface area contributed by atoms with Gasteiger partial charge in [-0.2, -0.15) is 5.10 Å². The molecule has 1 amide bonds. The van der Waals surface area contributed by atoms with E-state index >= 15 is 0 Å². The molecule has 0 unspecified atom stereocenters. The van der Waals surface area contributed by atoms with Crippen molar-refractivity contribution in [3.8, 4) is 5.69 Å². The first-order chi connectivity index (χ1) is 17.3. The highest BCUT2D eigenvalue weighted by Gasteiger charge is 2.27. The van der Waals surface area contributed by atoms with Crippen molar-refractivity contribution in [3.63, 3.8) is 0 Å². The van der Waals surface area contributed by atoms with Crippen LogP contribution in [-0.2, 0) is 14.8 Å². The summed E-state index contributed by atoms with van der Waals surface area (Å²) in [6.45, 7) is 3.51. The minimum atomic E-state index is -4.00. The lowest BCUT2D eigenvalue weighted by atomic mass is 10.2. The summed E-state index contributed by atoms with van der Waals surface area (Å²) in [4.78, 5) is 12.9. The molecule has 1 N–H and O–H groups in total. The molecule has 1 heterocycles. The number of hydrogen-bond donors (Lipinski definition) is 1. The van der Waals surface area contributed by atoms with Crippen molar-refractivity contribution in [2.24, 2.45) is 5.10 Å². The van der Waals surface area contributed by atoms with Gasteiger partial charge in [0.25, 0.3) is 15.9 Å². The van der Waals surface area contributed by atoms with Crippen LogP contribution in [0.15, 0.2) is 101 Å². The van der Waals surface area contributed by atoms with E-state index in [1.807, 2.05) is 50.2 Å². The van der Waals surface area contributed by atoms with E-state index in [1.54, 1.807) is 48.7 Å². The normalized spacial score (nSPS) is 11.5. The highest BCUT2D eigenvalue weighted by Crippen LogP contribution is 2.25. The molecule has 1 aromatic heterocycles. The second-order valence-electron chi connectivity index (χ2n) is 8.09. The maximum Gasteiger partial charge on any atom is 0.264 e. The number of anilines is 1. The van der Waals surface area contributed by atoms with Crippen molar-refractivity contribution in [2.45, 2.75) is 18.7 Å².